The molecule has 4 atom stereocenters. The molecule has 0 aliphatic rings. The number of aliphatic carboxylic acids is 1. The Hall–Kier alpha value is -2.93. The summed E-state index contributed by atoms with van der Waals surface area (Å²) < 4.78 is 0. The number of carbonyl (C=O) groups excluding carboxylic acids is 3. The zero-order chi connectivity index (χ0) is 25.7. The third kappa shape index (κ3) is 12.0. The van der Waals surface area contributed by atoms with Crippen molar-refractivity contribution in [2.75, 3.05) is 13.2 Å². The van der Waals surface area contributed by atoms with Gasteiger partial charge in [0.25, 0.3) is 0 Å². The summed E-state index contributed by atoms with van der Waals surface area (Å²) in [6.07, 6.45) is 0.587. The molecule has 0 fully saturated rings. The molecular formula is C20H39N7O6. The summed E-state index contributed by atoms with van der Waals surface area (Å²) in [7, 11) is 0. The molecule has 0 aliphatic heterocycles. The van der Waals surface area contributed by atoms with Gasteiger partial charge in [-0.05, 0) is 31.1 Å². The minimum Gasteiger partial charge on any atom is -0.480 e. The molecule has 11 N–H and O–H groups in total. The number of aliphatic hydroxyl groups is 1. The number of rotatable bonds is 15. The van der Waals surface area contributed by atoms with Crippen LogP contribution in [0, 0.1) is 11.8 Å². The van der Waals surface area contributed by atoms with Gasteiger partial charge in [0.05, 0.1) is 12.6 Å². The highest BCUT2D eigenvalue weighted by molar-refractivity contribution is 5.94. The highest BCUT2D eigenvalue weighted by Crippen LogP contribution is 2.08. The van der Waals surface area contributed by atoms with Crippen LogP contribution >= 0.6 is 0 Å². The van der Waals surface area contributed by atoms with Gasteiger partial charge in [-0.2, -0.15) is 0 Å². The third-order valence-electron chi connectivity index (χ3n) is 4.74. The summed E-state index contributed by atoms with van der Waals surface area (Å²) >= 11 is 0. The second kappa shape index (κ2) is 15.0. The average Bonchev–Trinajstić information content (AvgIpc) is 2.71. The van der Waals surface area contributed by atoms with Crippen molar-refractivity contribution in [3.63, 3.8) is 0 Å². The number of nitrogens with two attached hydrogens (primary N) is 3. The van der Waals surface area contributed by atoms with E-state index in [2.05, 4.69) is 20.9 Å². The lowest BCUT2D eigenvalue weighted by Gasteiger charge is -2.25. The minimum atomic E-state index is -1.32. The number of carbonyl (C=O) groups is 4. The Labute approximate surface area is 193 Å². The Balaban J connectivity index is 5.25. The molecule has 13 heteroatoms. The van der Waals surface area contributed by atoms with E-state index >= 15 is 0 Å². The predicted molar refractivity (Wildman–Crippen MR) is 123 cm³/mol. The zero-order valence-electron chi connectivity index (χ0n) is 19.7. The van der Waals surface area contributed by atoms with Crippen molar-refractivity contribution in [1.29, 1.82) is 0 Å². The molecule has 0 aromatic carbocycles. The van der Waals surface area contributed by atoms with E-state index < -0.39 is 54.5 Å². The largest absolute Gasteiger partial charge is 0.480 e. The summed E-state index contributed by atoms with van der Waals surface area (Å²) in [6, 6.07) is -4.49. The monoisotopic (exact) mass is 473 g/mol. The number of nitrogens with zero attached hydrogens (tertiary/aromatic N) is 1. The Bertz CT molecular complexity index is 694. The SMILES string of the molecule is CC(C)CC(NC(=O)C(CO)NC(=O)C(N)C(C)C)C(=O)NC(CCCN=C(N)N)C(=O)O. The van der Waals surface area contributed by atoms with Crippen molar-refractivity contribution < 1.29 is 29.4 Å². The summed E-state index contributed by atoms with van der Waals surface area (Å²) in [5.41, 5.74) is 16.2. The van der Waals surface area contributed by atoms with Crippen molar-refractivity contribution in [3.8, 4) is 0 Å². The van der Waals surface area contributed by atoms with E-state index in [1.165, 1.54) is 0 Å². The van der Waals surface area contributed by atoms with Crippen LogP contribution in [0.1, 0.15) is 47.0 Å². The number of nitrogens with one attached hydrogen (secondary N) is 3. The molecule has 3 amide bonds. The molecule has 0 bridgehead atoms. The Morgan fingerprint density at radius 3 is 1.85 bits per heavy atom. The van der Waals surface area contributed by atoms with Crippen LogP contribution in [0.2, 0.25) is 0 Å². The van der Waals surface area contributed by atoms with Gasteiger partial charge in [0, 0.05) is 6.54 Å². The van der Waals surface area contributed by atoms with E-state index in [1.54, 1.807) is 13.8 Å². The van der Waals surface area contributed by atoms with Crippen LogP contribution in [0.25, 0.3) is 0 Å². The second-order valence-electron chi connectivity index (χ2n) is 8.55. The minimum absolute atomic E-state index is 0.0253. The molecule has 0 heterocycles. The smallest absolute Gasteiger partial charge is 0.326 e. The Morgan fingerprint density at radius 1 is 0.879 bits per heavy atom. The van der Waals surface area contributed by atoms with Gasteiger partial charge in [0.15, 0.2) is 5.96 Å². The van der Waals surface area contributed by atoms with Crippen molar-refractivity contribution in [2.24, 2.45) is 34.0 Å². The molecule has 0 aromatic heterocycles. The number of carboxylic acids is 1. The fourth-order valence-corrected chi connectivity index (χ4v) is 2.77. The van der Waals surface area contributed by atoms with Crippen LogP contribution in [0.3, 0.4) is 0 Å². The number of aliphatic imine (C=N–C) groups is 1. The highest BCUT2D eigenvalue weighted by atomic mass is 16.4. The topological polar surface area (TPSA) is 235 Å². The van der Waals surface area contributed by atoms with Crippen molar-refractivity contribution in [3.05, 3.63) is 0 Å². The van der Waals surface area contributed by atoms with Crippen molar-refractivity contribution in [2.45, 2.75) is 71.1 Å². The first-order valence-electron chi connectivity index (χ1n) is 10.9. The summed E-state index contributed by atoms with van der Waals surface area (Å²) in [4.78, 5) is 52.9. The number of aliphatic hydroxyl groups excluding tert-OH is 1. The van der Waals surface area contributed by atoms with Crippen molar-refractivity contribution >= 4 is 29.7 Å². The zero-order valence-corrected chi connectivity index (χ0v) is 19.7. The summed E-state index contributed by atoms with van der Waals surface area (Å²) in [5.74, 6) is -3.68. The number of carboxylic acid groups (broad SMARTS) is 1. The summed E-state index contributed by atoms with van der Waals surface area (Å²) in [6.45, 7) is 6.60. The van der Waals surface area contributed by atoms with Gasteiger partial charge in [-0.3, -0.25) is 19.4 Å². The van der Waals surface area contributed by atoms with E-state index in [1.807, 2.05) is 13.8 Å². The Morgan fingerprint density at radius 2 is 1.39 bits per heavy atom. The summed E-state index contributed by atoms with van der Waals surface area (Å²) in [5, 5.41) is 26.2. The molecule has 0 spiro atoms. The van der Waals surface area contributed by atoms with Gasteiger partial charge in [-0.1, -0.05) is 27.7 Å². The molecule has 0 rings (SSSR count). The van der Waals surface area contributed by atoms with E-state index in [4.69, 9.17) is 17.2 Å². The van der Waals surface area contributed by atoms with Crippen molar-refractivity contribution in [1.82, 2.24) is 16.0 Å². The number of hydrogen-bond acceptors (Lipinski definition) is 7. The highest BCUT2D eigenvalue weighted by Gasteiger charge is 2.30. The van der Waals surface area contributed by atoms with E-state index in [0.29, 0.717) is 6.42 Å². The van der Waals surface area contributed by atoms with Gasteiger partial charge in [0.2, 0.25) is 17.7 Å². The molecule has 0 saturated heterocycles. The van der Waals surface area contributed by atoms with Crippen LogP contribution in [0.4, 0.5) is 0 Å². The molecule has 33 heavy (non-hydrogen) atoms. The molecule has 0 saturated carbocycles. The predicted octanol–water partition coefficient (Wildman–Crippen LogP) is -2.40. The molecule has 0 aliphatic carbocycles. The second-order valence-corrected chi connectivity index (χ2v) is 8.55. The quantitative estimate of drug-likeness (QED) is 0.0717. The molecule has 4 unspecified atom stereocenters. The Kier molecular flexibility index (Phi) is 13.7. The number of hydrogen-bond donors (Lipinski definition) is 8. The third-order valence-corrected chi connectivity index (χ3v) is 4.74. The molecule has 13 nitrogen and oxygen atoms in total. The first-order valence-corrected chi connectivity index (χ1v) is 10.9. The van der Waals surface area contributed by atoms with E-state index in [-0.39, 0.29) is 37.2 Å². The van der Waals surface area contributed by atoms with Gasteiger partial charge >= 0.3 is 5.97 Å². The molecule has 0 aromatic rings. The maximum absolute atomic E-state index is 12.8. The van der Waals surface area contributed by atoms with Gasteiger partial charge < -0.3 is 43.4 Å². The number of guanidine groups is 1. The lowest BCUT2D eigenvalue weighted by atomic mass is 10.0. The van der Waals surface area contributed by atoms with Crippen LogP contribution in [-0.2, 0) is 19.2 Å². The van der Waals surface area contributed by atoms with Crippen LogP contribution in [0.15, 0.2) is 4.99 Å². The first kappa shape index (κ1) is 30.1. The average molecular weight is 474 g/mol. The number of amides is 3. The standard InChI is InChI=1S/C20H39N7O6/c1-10(2)8-13(16(29)25-12(19(32)33)6-5-7-24-20(22)23)26-17(30)14(9-28)27-18(31)15(21)11(3)4/h10-15,28H,5-9,21H2,1-4H3,(H,25,29)(H,26,30)(H,27,31)(H,32,33)(H4,22,23,24). The lowest BCUT2D eigenvalue weighted by Crippen LogP contribution is -2.58. The first-order chi connectivity index (χ1) is 15.3. The maximum atomic E-state index is 12.8. The maximum Gasteiger partial charge on any atom is 0.326 e. The molecular weight excluding hydrogens is 434 g/mol. The van der Waals surface area contributed by atoms with E-state index in [9.17, 15) is 29.4 Å². The van der Waals surface area contributed by atoms with Crippen LogP contribution < -0.4 is 33.2 Å². The fraction of sp³-hybridized carbons (Fsp3) is 0.750. The van der Waals surface area contributed by atoms with Gasteiger partial charge in [-0.15, -0.1) is 0 Å². The van der Waals surface area contributed by atoms with Crippen LogP contribution in [0.5, 0.6) is 0 Å². The lowest BCUT2D eigenvalue weighted by molar-refractivity contribution is -0.142. The molecule has 190 valence electrons. The van der Waals surface area contributed by atoms with E-state index in [0.717, 1.165) is 0 Å². The van der Waals surface area contributed by atoms with Gasteiger partial charge in [0.1, 0.15) is 18.1 Å². The normalized spacial score (nSPS) is 14.7. The van der Waals surface area contributed by atoms with Crippen LogP contribution in [-0.4, -0.2) is 77.2 Å². The molecule has 0 radical (unpaired) electrons. The fourth-order valence-electron chi connectivity index (χ4n) is 2.77. The van der Waals surface area contributed by atoms with Gasteiger partial charge in [-0.25, -0.2) is 4.79 Å².